The molecule has 3 nitrogen and oxygen atoms in total. The predicted molar refractivity (Wildman–Crippen MR) is 58.2 cm³/mol. The van der Waals surface area contributed by atoms with Gasteiger partial charge in [0, 0.05) is 7.05 Å². The van der Waals surface area contributed by atoms with E-state index in [1.807, 2.05) is 11.6 Å². The molecule has 0 bridgehead atoms. The number of nitrogens with zero attached hydrogens (tertiary/aromatic N) is 3. The maximum atomic E-state index is 8.97. The highest BCUT2D eigenvalue weighted by atomic mass is 15.0. The van der Waals surface area contributed by atoms with Crippen LogP contribution in [0.5, 0.6) is 0 Å². The van der Waals surface area contributed by atoms with Crippen LogP contribution >= 0.6 is 0 Å². The summed E-state index contributed by atoms with van der Waals surface area (Å²) in [5.74, 6) is 0.874. The zero-order chi connectivity index (χ0) is 10.7. The number of hydrogen-bond acceptors (Lipinski definition) is 2. The Kier molecular flexibility index (Phi) is 3.05. The molecule has 1 aliphatic rings. The first kappa shape index (κ1) is 10.2. The Labute approximate surface area is 90.7 Å². The van der Waals surface area contributed by atoms with Crippen molar-refractivity contribution in [1.29, 1.82) is 5.26 Å². The summed E-state index contributed by atoms with van der Waals surface area (Å²) in [6.07, 6.45) is 9.42. The smallest absolute Gasteiger partial charge is 0.142 e. The second-order valence-electron chi connectivity index (χ2n) is 4.45. The van der Waals surface area contributed by atoms with Gasteiger partial charge in [0.2, 0.25) is 0 Å². The van der Waals surface area contributed by atoms with Crippen LogP contribution in [0.4, 0.5) is 0 Å². The number of rotatable bonds is 3. The SMILES string of the molecule is Cn1cnc(CCC2CCCC2)c1C#N. The Morgan fingerprint density at radius 1 is 1.53 bits per heavy atom. The molecule has 2 rings (SSSR count). The molecular formula is C12H17N3. The monoisotopic (exact) mass is 203 g/mol. The second kappa shape index (κ2) is 4.48. The Balaban J connectivity index is 1.95. The zero-order valence-corrected chi connectivity index (χ0v) is 9.24. The van der Waals surface area contributed by atoms with Crippen molar-refractivity contribution in [3.8, 4) is 6.07 Å². The third-order valence-corrected chi connectivity index (χ3v) is 3.38. The minimum Gasteiger partial charge on any atom is -0.325 e. The Morgan fingerprint density at radius 3 is 2.93 bits per heavy atom. The third kappa shape index (κ3) is 2.20. The van der Waals surface area contributed by atoms with Gasteiger partial charge in [-0.3, -0.25) is 0 Å². The molecule has 0 spiro atoms. The van der Waals surface area contributed by atoms with E-state index in [0.717, 1.165) is 23.7 Å². The van der Waals surface area contributed by atoms with Crippen molar-refractivity contribution in [1.82, 2.24) is 9.55 Å². The topological polar surface area (TPSA) is 41.6 Å². The summed E-state index contributed by atoms with van der Waals surface area (Å²) in [7, 11) is 1.88. The number of hydrogen-bond donors (Lipinski definition) is 0. The number of aryl methyl sites for hydroxylation is 2. The van der Waals surface area contributed by atoms with Crippen LogP contribution in [0, 0.1) is 17.2 Å². The molecule has 0 atom stereocenters. The average molecular weight is 203 g/mol. The van der Waals surface area contributed by atoms with Crippen molar-refractivity contribution in [2.75, 3.05) is 0 Å². The van der Waals surface area contributed by atoms with Gasteiger partial charge in [-0.15, -0.1) is 0 Å². The highest BCUT2D eigenvalue weighted by Gasteiger charge is 2.16. The predicted octanol–water partition coefficient (Wildman–Crippen LogP) is 2.41. The van der Waals surface area contributed by atoms with E-state index in [4.69, 9.17) is 5.26 Å². The molecular weight excluding hydrogens is 186 g/mol. The summed E-state index contributed by atoms with van der Waals surface area (Å²) in [5.41, 5.74) is 1.71. The molecule has 0 unspecified atom stereocenters. The van der Waals surface area contributed by atoms with Gasteiger partial charge in [-0.2, -0.15) is 5.26 Å². The average Bonchev–Trinajstić information content (AvgIpc) is 2.84. The molecule has 1 aliphatic carbocycles. The van der Waals surface area contributed by atoms with Gasteiger partial charge in [-0.1, -0.05) is 25.7 Å². The first-order valence-electron chi connectivity index (χ1n) is 5.71. The van der Waals surface area contributed by atoms with E-state index in [2.05, 4.69) is 11.1 Å². The summed E-state index contributed by atoms with van der Waals surface area (Å²) in [4.78, 5) is 4.29. The zero-order valence-electron chi connectivity index (χ0n) is 9.24. The third-order valence-electron chi connectivity index (χ3n) is 3.38. The van der Waals surface area contributed by atoms with Crippen molar-refractivity contribution in [3.05, 3.63) is 17.7 Å². The fourth-order valence-corrected chi connectivity index (χ4v) is 2.44. The summed E-state index contributed by atoms with van der Waals surface area (Å²) >= 11 is 0. The van der Waals surface area contributed by atoms with Crippen molar-refractivity contribution in [3.63, 3.8) is 0 Å². The number of aromatic nitrogens is 2. The van der Waals surface area contributed by atoms with Gasteiger partial charge in [-0.25, -0.2) is 4.98 Å². The summed E-state index contributed by atoms with van der Waals surface area (Å²) < 4.78 is 1.81. The molecule has 80 valence electrons. The highest BCUT2D eigenvalue weighted by Crippen LogP contribution is 2.28. The van der Waals surface area contributed by atoms with Crippen LogP contribution < -0.4 is 0 Å². The maximum absolute atomic E-state index is 8.97. The molecule has 0 aromatic carbocycles. The molecule has 15 heavy (non-hydrogen) atoms. The fourth-order valence-electron chi connectivity index (χ4n) is 2.44. The van der Waals surface area contributed by atoms with Crippen LogP contribution in [0.25, 0.3) is 0 Å². The van der Waals surface area contributed by atoms with Crippen molar-refractivity contribution in [2.24, 2.45) is 13.0 Å². The van der Waals surface area contributed by atoms with Crippen LogP contribution in [0.15, 0.2) is 6.33 Å². The minimum absolute atomic E-state index is 0.730. The van der Waals surface area contributed by atoms with E-state index in [0.29, 0.717) is 0 Å². The molecule has 1 saturated carbocycles. The van der Waals surface area contributed by atoms with Crippen LogP contribution in [0.1, 0.15) is 43.5 Å². The van der Waals surface area contributed by atoms with Gasteiger partial charge in [0.25, 0.3) is 0 Å². The van der Waals surface area contributed by atoms with Gasteiger partial charge < -0.3 is 4.57 Å². The van der Waals surface area contributed by atoms with Crippen LogP contribution in [-0.2, 0) is 13.5 Å². The molecule has 0 amide bonds. The van der Waals surface area contributed by atoms with Gasteiger partial charge in [0.05, 0.1) is 12.0 Å². The van der Waals surface area contributed by atoms with E-state index < -0.39 is 0 Å². The van der Waals surface area contributed by atoms with Crippen LogP contribution in [0.3, 0.4) is 0 Å². The Morgan fingerprint density at radius 2 is 2.27 bits per heavy atom. The molecule has 0 saturated heterocycles. The fraction of sp³-hybridized carbons (Fsp3) is 0.667. The largest absolute Gasteiger partial charge is 0.325 e. The van der Waals surface area contributed by atoms with Crippen molar-refractivity contribution in [2.45, 2.75) is 38.5 Å². The Bertz CT molecular complexity index is 367. The van der Waals surface area contributed by atoms with Crippen LogP contribution in [-0.4, -0.2) is 9.55 Å². The number of imidazole rings is 1. The van der Waals surface area contributed by atoms with E-state index in [-0.39, 0.29) is 0 Å². The normalized spacial score (nSPS) is 16.8. The van der Waals surface area contributed by atoms with E-state index >= 15 is 0 Å². The van der Waals surface area contributed by atoms with E-state index in [1.165, 1.54) is 32.1 Å². The van der Waals surface area contributed by atoms with E-state index in [9.17, 15) is 0 Å². The van der Waals surface area contributed by atoms with Gasteiger partial charge >= 0.3 is 0 Å². The Hall–Kier alpha value is -1.30. The standard InChI is InChI=1S/C12H17N3/c1-15-9-14-11(12(15)8-13)7-6-10-4-2-3-5-10/h9-10H,2-7H2,1H3. The molecule has 1 fully saturated rings. The summed E-state index contributed by atoms with van der Waals surface area (Å²) in [5, 5.41) is 8.97. The molecule has 1 aromatic heterocycles. The van der Waals surface area contributed by atoms with Crippen molar-refractivity contribution >= 4 is 0 Å². The lowest BCUT2D eigenvalue weighted by Gasteiger charge is -2.06. The molecule has 1 heterocycles. The molecule has 1 aromatic rings. The molecule has 0 aliphatic heterocycles. The lowest BCUT2D eigenvalue weighted by atomic mass is 10.0. The lowest BCUT2D eigenvalue weighted by molar-refractivity contribution is 0.501. The second-order valence-corrected chi connectivity index (χ2v) is 4.45. The maximum Gasteiger partial charge on any atom is 0.142 e. The summed E-state index contributed by atoms with van der Waals surface area (Å²) in [6.45, 7) is 0. The molecule has 0 radical (unpaired) electrons. The van der Waals surface area contributed by atoms with Gasteiger partial charge in [-0.05, 0) is 18.8 Å². The minimum atomic E-state index is 0.730. The molecule has 0 N–H and O–H groups in total. The number of nitriles is 1. The molecule has 3 heteroatoms. The van der Waals surface area contributed by atoms with E-state index in [1.54, 1.807) is 6.33 Å². The first-order chi connectivity index (χ1) is 7.31. The lowest BCUT2D eigenvalue weighted by Crippen LogP contribution is -1.99. The summed E-state index contributed by atoms with van der Waals surface area (Å²) in [6, 6.07) is 2.22. The van der Waals surface area contributed by atoms with Gasteiger partial charge in [0.15, 0.2) is 0 Å². The van der Waals surface area contributed by atoms with Gasteiger partial charge in [0.1, 0.15) is 11.8 Å². The highest BCUT2D eigenvalue weighted by molar-refractivity contribution is 5.26. The first-order valence-corrected chi connectivity index (χ1v) is 5.71. The van der Waals surface area contributed by atoms with Crippen molar-refractivity contribution < 1.29 is 0 Å². The van der Waals surface area contributed by atoms with Crippen LogP contribution in [0.2, 0.25) is 0 Å². The quantitative estimate of drug-likeness (QED) is 0.757.